The maximum absolute atomic E-state index is 12.1. The molecule has 0 aliphatic rings. The second-order valence-corrected chi connectivity index (χ2v) is 6.74. The molecule has 24 heavy (non-hydrogen) atoms. The van der Waals surface area contributed by atoms with Crippen LogP contribution >= 0.6 is 22.9 Å². The molecule has 4 nitrogen and oxygen atoms in total. The SMILES string of the molecule is Cc1ccc(C)c(-c2csc(NC(=O)Nc3cccc(Cl)c3)n2)c1. The molecule has 3 aromatic rings. The quantitative estimate of drug-likeness (QED) is 0.629. The number of amides is 2. The van der Waals surface area contributed by atoms with Crippen molar-refractivity contribution in [2.75, 3.05) is 10.6 Å². The van der Waals surface area contributed by atoms with Gasteiger partial charge in [0.2, 0.25) is 0 Å². The number of carbonyl (C=O) groups excluding carboxylic acids is 1. The molecule has 0 saturated heterocycles. The minimum Gasteiger partial charge on any atom is -0.308 e. The summed E-state index contributed by atoms with van der Waals surface area (Å²) < 4.78 is 0. The first-order valence-electron chi connectivity index (χ1n) is 7.38. The van der Waals surface area contributed by atoms with Crippen LogP contribution in [0, 0.1) is 13.8 Å². The minimum atomic E-state index is -0.348. The number of thiazole rings is 1. The summed E-state index contributed by atoms with van der Waals surface area (Å²) in [5.41, 5.74) is 4.90. The second-order valence-electron chi connectivity index (χ2n) is 5.45. The van der Waals surface area contributed by atoms with Crippen molar-refractivity contribution in [3.63, 3.8) is 0 Å². The van der Waals surface area contributed by atoms with Crippen molar-refractivity contribution in [2.24, 2.45) is 0 Å². The number of carbonyl (C=O) groups is 1. The molecule has 0 aliphatic carbocycles. The van der Waals surface area contributed by atoms with Gasteiger partial charge in [0, 0.05) is 21.7 Å². The van der Waals surface area contributed by atoms with Gasteiger partial charge in [0.05, 0.1) is 5.69 Å². The van der Waals surface area contributed by atoms with Crippen LogP contribution in [-0.2, 0) is 0 Å². The molecule has 0 spiro atoms. The zero-order chi connectivity index (χ0) is 17.1. The van der Waals surface area contributed by atoms with Crippen molar-refractivity contribution < 1.29 is 4.79 Å². The predicted molar refractivity (Wildman–Crippen MR) is 101 cm³/mol. The van der Waals surface area contributed by atoms with Crippen LogP contribution in [0.3, 0.4) is 0 Å². The fourth-order valence-electron chi connectivity index (χ4n) is 2.29. The summed E-state index contributed by atoms with van der Waals surface area (Å²) in [5, 5.41) is 8.54. The van der Waals surface area contributed by atoms with Crippen LogP contribution < -0.4 is 10.6 Å². The van der Waals surface area contributed by atoms with E-state index >= 15 is 0 Å². The fraction of sp³-hybridized carbons (Fsp3) is 0.111. The van der Waals surface area contributed by atoms with Gasteiger partial charge in [-0.25, -0.2) is 9.78 Å². The number of hydrogen-bond donors (Lipinski definition) is 2. The highest BCUT2D eigenvalue weighted by Crippen LogP contribution is 2.28. The summed E-state index contributed by atoms with van der Waals surface area (Å²) in [4.78, 5) is 16.6. The fourth-order valence-corrected chi connectivity index (χ4v) is 3.19. The largest absolute Gasteiger partial charge is 0.325 e. The van der Waals surface area contributed by atoms with Gasteiger partial charge in [0.15, 0.2) is 5.13 Å². The Morgan fingerprint density at radius 2 is 1.96 bits per heavy atom. The smallest absolute Gasteiger partial charge is 0.308 e. The Morgan fingerprint density at radius 1 is 1.12 bits per heavy atom. The molecule has 3 rings (SSSR count). The third kappa shape index (κ3) is 3.93. The number of rotatable bonds is 3. The zero-order valence-corrected chi connectivity index (χ0v) is 14.8. The summed E-state index contributed by atoms with van der Waals surface area (Å²) in [5.74, 6) is 0. The Balaban J connectivity index is 1.72. The number of nitrogens with zero attached hydrogens (tertiary/aromatic N) is 1. The first-order chi connectivity index (χ1) is 11.5. The summed E-state index contributed by atoms with van der Waals surface area (Å²) in [6.07, 6.45) is 0. The molecule has 2 N–H and O–H groups in total. The van der Waals surface area contributed by atoms with E-state index in [1.165, 1.54) is 16.9 Å². The average molecular weight is 358 g/mol. The Hall–Kier alpha value is -2.37. The van der Waals surface area contributed by atoms with E-state index in [9.17, 15) is 4.79 Å². The number of nitrogens with one attached hydrogen (secondary N) is 2. The van der Waals surface area contributed by atoms with E-state index in [-0.39, 0.29) is 6.03 Å². The molecule has 0 atom stereocenters. The molecule has 2 amide bonds. The Morgan fingerprint density at radius 3 is 2.75 bits per heavy atom. The number of hydrogen-bond acceptors (Lipinski definition) is 3. The van der Waals surface area contributed by atoms with Gasteiger partial charge in [-0.2, -0.15) is 0 Å². The molecule has 0 aliphatic heterocycles. The summed E-state index contributed by atoms with van der Waals surface area (Å²) in [7, 11) is 0. The Bertz CT molecular complexity index is 891. The third-order valence-corrected chi connectivity index (χ3v) is 4.47. The van der Waals surface area contributed by atoms with Crippen LogP contribution in [0.25, 0.3) is 11.3 Å². The lowest BCUT2D eigenvalue weighted by atomic mass is 10.0. The number of anilines is 2. The molecule has 2 aromatic carbocycles. The molecule has 1 aromatic heterocycles. The van der Waals surface area contributed by atoms with Gasteiger partial charge in [-0.3, -0.25) is 5.32 Å². The second kappa shape index (κ2) is 7.03. The highest BCUT2D eigenvalue weighted by atomic mass is 35.5. The molecule has 0 saturated carbocycles. The van der Waals surface area contributed by atoms with E-state index < -0.39 is 0 Å². The zero-order valence-electron chi connectivity index (χ0n) is 13.3. The maximum atomic E-state index is 12.1. The van der Waals surface area contributed by atoms with Crippen LogP contribution in [0.2, 0.25) is 5.02 Å². The third-order valence-electron chi connectivity index (χ3n) is 3.48. The van der Waals surface area contributed by atoms with Gasteiger partial charge >= 0.3 is 6.03 Å². The van der Waals surface area contributed by atoms with Crippen molar-refractivity contribution in [3.8, 4) is 11.3 Å². The highest BCUT2D eigenvalue weighted by molar-refractivity contribution is 7.14. The van der Waals surface area contributed by atoms with Gasteiger partial charge in [-0.1, -0.05) is 35.4 Å². The van der Waals surface area contributed by atoms with Crippen LogP contribution in [0.1, 0.15) is 11.1 Å². The van der Waals surface area contributed by atoms with Crippen LogP contribution in [0.4, 0.5) is 15.6 Å². The van der Waals surface area contributed by atoms with E-state index in [1.54, 1.807) is 24.3 Å². The van der Waals surface area contributed by atoms with Crippen molar-refractivity contribution in [1.82, 2.24) is 4.98 Å². The van der Waals surface area contributed by atoms with E-state index in [0.717, 1.165) is 16.8 Å². The van der Waals surface area contributed by atoms with Gasteiger partial charge < -0.3 is 5.32 Å². The first-order valence-corrected chi connectivity index (χ1v) is 8.64. The lowest BCUT2D eigenvalue weighted by molar-refractivity contribution is 0.262. The Labute approximate surface area is 149 Å². The van der Waals surface area contributed by atoms with Gasteiger partial charge in [0.1, 0.15) is 0 Å². The number of benzene rings is 2. The summed E-state index contributed by atoms with van der Waals surface area (Å²) >= 11 is 7.30. The predicted octanol–water partition coefficient (Wildman–Crippen LogP) is 5.72. The van der Waals surface area contributed by atoms with Crippen LogP contribution in [-0.4, -0.2) is 11.0 Å². The summed E-state index contributed by atoms with van der Waals surface area (Å²) in [6.45, 7) is 4.10. The topological polar surface area (TPSA) is 54.0 Å². The van der Waals surface area contributed by atoms with Crippen LogP contribution in [0.15, 0.2) is 47.8 Å². The normalized spacial score (nSPS) is 10.5. The standard InChI is InChI=1S/C18H16ClN3OS/c1-11-6-7-12(2)15(8-11)16-10-24-18(21-16)22-17(23)20-14-5-3-4-13(19)9-14/h3-10H,1-2H3,(H2,20,21,22,23). The van der Waals surface area contributed by atoms with Crippen molar-refractivity contribution >= 4 is 39.8 Å². The van der Waals surface area contributed by atoms with Crippen molar-refractivity contribution in [3.05, 3.63) is 64.0 Å². The van der Waals surface area contributed by atoms with E-state index in [1.807, 2.05) is 19.2 Å². The molecule has 0 bridgehead atoms. The van der Waals surface area contributed by atoms with Gasteiger partial charge in [0.25, 0.3) is 0 Å². The lowest BCUT2D eigenvalue weighted by Crippen LogP contribution is -2.19. The monoisotopic (exact) mass is 357 g/mol. The molecule has 0 fully saturated rings. The lowest BCUT2D eigenvalue weighted by Gasteiger charge is -2.06. The molecular formula is C18H16ClN3OS. The maximum Gasteiger partial charge on any atom is 0.325 e. The molecule has 6 heteroatoms. The molecule has 0 unspecified atom stereocenters. The van der Waals surface area contributed by atoms with E-state index in [2.05, 4.69) is 33.8 Å². The average Bonchev–Trinajstić information content (AvgIpc) is 2.97. The molecule has 0 radical (unpaired) electrons. The van der Waals surface area contributed by atoms with Crippen molar-refractivity contribution in [2.45, 2.75) is 13.8 Å². The number of urea groups is 1. The van der Waals surface area contributed by atoms with E-state index in [4.69, 9.17) is 11.6 Å². The summed E-state index contributed by atoms with van der Waals surface area (Å²) in [6, 6.07) is 12.9. The molecule has 1 heterocycles. The number of aryl methyl sites for hydroxylation is 2. The van der Waals surface area contributed by atoms with Crippen LogP contribution in [0.5, 0.6) is 0 Å². The molecular weight excluding hydrogens is 342 g/mol. The van der Waals surface area contributed by atoms with Gasteiger partial charge in [-0.05, 0) is 43.7 Å². The first kappa shape index (κ1) is 16.5. The van der Waals surface area contributed by atoms with Gasteiger partial charge in [-0.15, -0.1) is 11.3 Å². The van der Waals surface area contributed by atoms with Crippen molar-refractivity contribution in [1.29, 1.82) is 0 Å². The molecule has 122 valence electrons. The number of halogens is 1. The number of aromatic nitrogens is 1. The highest BCUT2D eigenvalue weighted by Gasteiger charge is 2.10. The minimum absolute atomic E-state index is 0.348. The Kier molecular flexibility index (Phi) is 4.83. The van der Waals surface area contributed by atoms with E-state index in [0.29, 0.717) is 15.8 Å².